The van der Waals surface area contributed by atoms with Crippen LogP contribution in [-0.4, -0.2) is 29.2 Å². The van der Waals surface area contributed by atoms with Crippen LogP contribution in [0.25, 0.3) is 0 Å². The molecule has 1 fully saturated rings. The number of nitrogens with one attached hydrogen (secondary N) is 1. The van der Waals surface area contributed by atoms with Crippen molar-refractivity contribution in [3.05, 3.63) is 46.6 Å². The number of hydrogen-bond donors (Lipinski definition) is 1. The molecule has 2 aromatic rings. The van der Waals surface area contributed by atoms with Crippen LogP contribution in [0.4, 0.5) is 11.5 Å². The number of anilines is 2. The first-order chi connectivity index (χ1) is 11.1. The van der Waals surface area contributed by atoms with Gasteiger partial charge in [0.2, 0.25) is 5.91 Å². The topological polar surface area (TPSA) is 58.1 Å². The van der Waals surface area contributed by atoms with Crippen LogP contribution in [0.2, 0.25) is 0 Å². The largest absolute Gasteiger partial charge is 0.354 e. The van der Waals surface area contributed by atoms with E-state index in [-0.39, 0.29) is 11.8 Å². The van der Waals surface area contributed by atoms with E-state index in [1.165, 1.54) is 0 Å². The summed E-state index contributed by atoms with van der Waals surface area (Å²) in [5, 5.41) is 11.3. The Balaban J connectivity index is 1.65. The van der Waals surface area contributed by atoms with Gasteiger partial charge in [0.1, 0.15) is 0 Å². The quantitative estimate of drug-likeness (QED) is 0.894. The standard InChI is InChI=1S/C17H19BrN4O/c1-12-7-8-16(21-20-12)22-9-3-4-13(11-22)17(23)19-15-6-2-5-14(18)10-15/h2,5-8,10,13H,3-4,9,11H2,1H3,(H,19,23). The van der Waals surface area contributed by atoms with Gasteiger partial charge in [0, 0.05) is 23.2 Å². The molecule has 1 unspecified atom stereocenters. The fourth-order valence-electron chi connectivity index (χ4n) is 2.77. The first-order valence-electron chi connectivity index (χ1n) is 7.73. The van der Waals surface area contributed by atoms with E-state index in [1.54, 1.807) is 0 Å². The molecule has 0 bridgehead atoms. The highest BCUT2D eigenvalue weighted by atomic mass is 79.9. The van der Waals surface area contributed by atoms with Crippen LogP contribution in [0.5, 0.6) is 0 Å². The summed E-state index contributed by atoms with van der Waals surface area (Å²) in [6, 6.07) is 11.6. The van der Waals surface area contributed by atoms with Gasteiger partial charge in [0.25, 0.3) is 0 Å². The molecule has 5 nitrogen and oxygen atoms in total. The third-order valence-corrected chi connectivity index (χ3v) is 4.49. The number of nitrogens with zero attached hydrogens (tertiary/aromatic N) is 3. The molecule has 3 rings (SSSR count). The molecule has 1 N–H and O–H groups in total. The summed E-state index contributed by atoms with van der Waals surface area (Å²) in [6.45, 7) is 3.51. The Morgan fingerprint density at radius 3 is 2.91 bits per heavy atom. The molecule has 1 amide bonds. The summed E-state index contributed by atoms with van der Waals surface area (Å²) in [6.07, 6.45) is 1.88. The minimum atomic E-state index is -0.0363. The minimum Gasteiger partial charge on any atom is -0.354 e. The number of rotatable bonds is 3. The van der Waals surface area contributed by atoms with Crippen LogP contribution in [0, 0.1) is 12.8 Å². The molecule has 1 aromatic heterocycles. The van der Waals surface area contributed by atoms with Gasteiger partial charge in [-0.15, -0.1) is 5.10 Å². The summed E-state index contributed by atoms with van der Waals surface area (Å²) in [5.74, 6) is 0.870. The molecular weight excluding hydrogens is 356 g/mol. The molecule has 23 heavy (non-hydrogen) atoms. The molecule has 120 valence electrons. The van der Waals surface area contributed by atoms with Gasteiger partial charge in [-0.05, 0) is 50.1 Å². The van der Waals surface area contributed by atoms with E-state index >= 15 is 0 Å². The highest BCUT2D eigenvalue weighted by molar-refractivity contribution is 9.10. The van der Waals surface area contributed by atoms with Gasteiger partial charge < -0.3 is 10.2 Å². The SMILES string of the molecule is Cc1ccc(N2CCCC(C(=O)Nc3cccc(Br)c3)C2)nn1. The normalized spacial score (nSPS) is 17.8. The molecule has 1 aliphatic rings. The van der Waals surface area contributed by atoms with Crippen molar-refractivity contribution in [1.82, 2.24) is 10.2 Å². The monoisotopic (exact) mass is 374 g/mol. The van der Waals surface area contributed by atoms with E-state index in [1.807, 2.05) is 43.3 Å². The Bertz CT molecular complexity index is 689. The Morgan fingerprint density at radius 2 is 2.17 bits per heavy atom. The molecule has 1 atom stereocenters. The van der Waals surface area contributed by atoms with Crippen molar-refractivity contribution in [3.63, 3.8) is 0 Å². The first-order valence-corrected chi connectivity index (χ1v) is 8.53. The molecule has 0 aliphatic carbocycles. The van der Waals surface area contributed by atoms with Crippen LogP contribution in [0.3, 0.4) is 0 Å². The number of carbonyl (C=O) groups excluding carboxylic acids is 1. The van der Waals surface area contributed by atoms with E-state index < -0.39 is 0 Å². The smallest absolute Gasteiger partial charge is 0.229 e. The second-order valence-corrected chi connectivity index (χ2v) is 6.73. The van der Waals surface area contributed by atoms with Crippen molar-refractivity contribution in [3.8, 4) is 0 Å². The van der Waals surface area contributed by atoms with Crippen molar-refractivity contribution in [2.45, 2.75) is 19.8 Å². The number of amides is 1. The average molecular weight is 375 g/mol. The summed E-state index contributed by atoms with van der Waals surface area (Å²) in [7, 11) is 0. The molecular formula is C17H19BrN4O. The fourth-order valence-corrected chi connectivity index (χ4v) is 3.17. The maximum absolute atomic E-state index is 12.5. The number of aromatic nitrogens is 2. The number of hydrogen-bond acceptors (Lipinski definition) is 4. The van der Waals surface area contributed by atoms with Gasteiger partial charge in [-0.1, -0.05) is 22.0 Å². The number of aryl methyl sites for hydroxylation is 1. The highest BCUT2D eigenvalue weighted by Gasteiger charge is 2.26. The second-order valence-electron chi connectivity index (χ2n) is 5.82. The van der Waals surface area contributed by atoms with Crippen molar-refractivity contribution in [1.29, 1.82) is 0 Å². The van der Waals surface area contributed by atoms with Gasteiger partial charge in [-0.3, -0.25) is 4.79 Å². The molecule has 1 saturated heterocycles. The third kappa shape index (κ3) is 4.07. The number of benzene rings is 1. The van der Waals surface area contributed by atoms with E-state index in [4.69, 9.17) is 0 Å². The van der Waals surface area contributed by atoms with Gasteiger partial charge in [0.05, 0.1) is 11.6 Å². The van der Waals surface area contributed by atoms with Gasteiger partial charge >= 0.3 is 0 Å². The number of halogens is 1. The van der Waals surface area contributed by atoms with Gasteiger partial charge in [-0.2, -0.15) is 5.10 Å². The lowest BCUT2D eigenvalue weighted by Gasteiger charge is -2.32. The predicted molar refractivity (Wildman–Crippen MR) is 94.5 cm³/mol. The van der Waals surface area contributed by atoms with Crippen LogP contribution in [0.1, 0.15) is 18.5 Å². The minimum absolute atomic E-state index is 0.0363. The first kappa shape index (κ1) is 15.9. The zero-order chi connectivity index (χ0) is 16.2. The van der Waals surface area contributed by atoms with Gasteiger partial charge in [0.15, 0.2) is 5.82 Å². The molecule has 0 spiro atoms. The lowest BCUT2D eigenvalue weighted by atomic mass is 9.97. The van der Waals surface area contributed by atoms with Crippen molar-refractivity contribution >= 4 is 33.3 Å². The summed E-state index contributed by atoms with van der Waals surface area (Å²) in [5.41, 5.74) is 1.71. The van der Waals surface area contributed by atoms with Crippen molar-refractivity contribution in [2.24, 2.45) is 5.92 Å². The molecule has 2 heterocycles. The highest BCUT2D eigenvalue weighted by Crippen LogP contribution is 2.23. The van der Waals surface area contributed by atoms with E-state index in [0.29, 0.717) is 6.54 Å². The zero-order valence-electron chi connectivity index (χ0n) is 13.0. The summed E-state index contributed by atoms with van der Waals surface area (Å²) in [4.78, 5) is 14.7. The molecule has 6 heteroatoms. The van der Waals surface area contributed by atoms with E-state index in [0.717, 1.165) is 41.1 Å². The lowest BCUT2D eigenvalue weighted by Crippen LogP contribution is -2.41. The summed E-state index contributed by atoms with van der Waals surface area (Å²) < 4.78 is 0.954. The van der Waals surface area contributed by atoms with E-state index in [9.17, 15) is 4.79 Å². The van der Waals surface area contributed by atoms with Crippen LogP contribution in [0.15, 0.2) is 40.9 Å². The Morgan fingerprint density at radius 1 is 1.30 bits per heavy atom. The Hall–Kier alpha value is -1.95. The second kappa shape index (κ2) is 7.08. The Labute approximate surface area is 144 Å². The zero-order valence-corrected chi connectivity index (χ0v) is 14.6. The lowest BCUT2D eigenvalue weighted by molar-refractivity contribution is -0.120. The van der Waals surface area contributed by atoms with Crippen LogP contribution >= 0.6 is 15.9 Å². The third-order valence-electron chi connectivity index (χ3n) is 3.99. The van der Waals surface area contributed by atoms with Crippen molar-refractivity contribution < 1.29 is 4.79 Å². The number of carbonyl (C=O) groups is 1. The number of piperidine rings is 1. The van der Waals surface area contributed by atoms with Crippen LogP contribution in [-0.2, 0) is 4.79 Å². The predicted octanol–water partition coefficient (Wildman–Crippen LogP) is 3.40. The summed E-state index contributed by atoms with van der Waals surface area (Å²) >= 11 is 3.42. The maximum Gasteiger partial charge on any atom is 0.229 e. The molecule has 0 saturated carbocycles. The molecule has 1 aliphatic heterocycles. The van der Waals surface area contributed by atoms with Crippen LogP contribution < -0.4 is 10.2 Å². The molecule has 0 radical (unpaired) electrons. The fraction of sp³-hybridized carbons (Fsp3) is 0.353. The Kier molecular flexibility index (Phi) is 4.91. The average Bonchev–Trinajstić information content (AvgIpc) is 2.56. The maximum atomic E-state index is 12.5. The van der Waals surface area contributed by atoms with Gasteiger partial charge in [-0.25, -0.2) is 0 Å². The van der Waals surface area contributed by atoms with Crippen molar-refractivity contribution in [2.75, 3.05) is 23.3 Å². The molecule has 1 aromatic carbocycles. The van der Waals surface area contributed by atoms with E-state index in [2.05, 4.69) is 36.3 Å².